The first-order chi connectivity index (χ1) is 22.4. The molecule has 7 rings (SSSR count). The maximum absolute atomic E-state index is 5.18. The van der Waals surface area contributed by atoms with Crippen LogP contribution in [0.5, 0.6) is 0 Å². The molecule has 0 N–H and O–H groups in total. The number of rotatable bonds is 8. The Morgan fingerprint density at radius 1 is 0.413 bits per heavy atom. The van der Waals surface area contributed by atoms with E-state index in [1.165, 1.54) is 0 Å². The number of nitrogens with zero attached hydrogens (tertiary/aromatic N) is 7. The molecule has 7 nitrogen and oxygen atoms in total. The Kier molecular flexibility index (Phi) is 7.64. The lowest BCUT2D eigenvalue weighted by molar-refractivity contribution is 0.813. The second kappa shape index (κ2) is 12.2. The minimum atomic E-state index is 0.706. The molecule has 0 unspecified atom stereocenters. The Bertz CT molecular complexity index is 1920. The number of aromatic nitrogens is 5. The monoisotopic (exact) mass is 601 g/mol. The summed E-state index contributed by atoms with van der Waals surface area (Å²) in [4.78, 5) is 9.37. The summed E-state index contributed by atoms with van der Waals surface area (Å²) in [5.41, 5.74) is 10.2. The van der Waals surface area contributed by atoms with Gasteiger partial charge in [0.1, 0.15) is 0 Å². The molecule has 3 aromatic heterocycles. The maximum atomic E-state index is 5.18. The molecule has 0 radical (unpaired) electrons. The highest BCUT2D eigenvalue weighted by molar-refractivity contribution is 5.73. The highest BCUT2D eigenvalue weighted by Crippen LogP contribution is 2.32. The van der Waals surface area contributed by atoms with E-state index in [4.69, 9.17) is 15.2 Å². The molecule has 0 aliphatic heterocycles. The van der Waals surface area contributed by atoms with E-state index in [0.29, 0.717) is 11.6 Å². The van der Waals surface area contributed by atoms with E-state index >= 15 is 0 Å². The lowest BCUT2D eigenvalue weighted by Gasteiger charge is -2.14. The van der Waals surface area contributed by atoms with E-state index in [0.717, 1.165) is 56.4 Å². The maximum Gasteiger partial charge on any atom is 0.156 e. The molecular formula is C39H35N7. The normalized spacial score (nSPS) is 11.0. The van der Waals surface area contributed by atoms with Gasteiger partial charge in [0.05, 0.1) is 22.8 Å². The van der Waals surface area contributed by atoms with Crippen molar-refractivity contribution in [1.82, 2.24) is 24.5 Å². The molecule has 0 aliphatic rings. The van der Waals surface area contributed by atoms with Crippen LogP contribution in [0.3, 0.4) is 0 Å². The fourth-order valence-electron chi connectivity index (χ4n) is 5.53. The zero-order valence-electron chi connectivity index (χ0n) is 26.4. The molecular weight excluding hydrogens is 566 g/mol. The molecule has 0 aliphatic carbocycles. The van der Waals surface area contributed by atoms with Crippen LogP contribution < -0.4 is 9.80 Å². The van der Waals surface area contributed by atoms with Crippen LogP contribution in [0.25, 0.3) is 56.7 Å². The summed E-state index contributed by atoms with van der Waals surface area (Å²) >= 11 is 0. The van der Waals surface area contributed by atoms with Crippen LogP contribution in [-0.4, -0.2) is 52.7 Å². The predicted molar refractivity (Wildman–Crippen MR) is 189 cm³/mol. The zero-order chi connectivity index (χ0) is 31.6. The van der Waals surface area contributed by atoms with Crippen LogP contribution in [0, 0.1) is 0 Å². The van der Waals surface area contributed by atoms with E-state index in [1.807, 2.05) is 92.2 Å². The first-order valence-electron chi connectivity index (χ1n) is 15.3. The van der Waals surface area contributed by atoms with Gasteiger partial charge in [-0.1, -0.05) is 91.0 Å². The van der Waals surface area contributed by atoms with E-state index in [1.54, 1.807) is 0 Å². The van der Waals surface area contributed by atoms with Crippen LogP contribution in [0.15, 0.2) is 140 Å². The van der Waals surface area contributed by atoms with Crippen molar-refractivity contribution < 1.29 is 0 Å². The molecule has 7 aromatic rings. The first-order valence-corrected chi connectivity index (χ1v) is 15.3. The van der Waals surface area contributed by atoms with E-state index < -0.39 is 0 Å². The van der Waals surface area contributed by atoms with Gasteiger partial charge in [0, 0.05) is 61.8 Å². The summed E-state index contributed by atoms with van der Waals surface area (Å²) in [6, 6.07) is 47.8. The van der Waals surface area contributed by atoms with Gasteiger partial charge in [0.25, 0.3) is 0 Å². The van der Waals surface area contributed by atoms with Crippen molar-refractivity contribution >= 4 is 11.4 Å². The second-order valence-corrected chi connectivity index (χ2v) is 11.6. The standard InChI is InChI=1S/C39H35N7/c1-43(2)32-22-18-30(19-23-32)36-26-34(28-12-7-5-8-13-28)41-45(36)38-16-11-17-39(40-38)46-37(31-20-24-33(25-21-31)44(3)4)27-35(42-46)29-14-9-6-10-15-29/h5-27H,1-4H3. The lowest BCUT2D eigenvalue weighted by atomic mass is 10.1. The molecule has 4 aromatic carbocycles. The molecule has 0 amide bonds. The van der Waals surface area contributed by atoms with Crippen LogP contribution in [-0.2, 0) is 0 Å². The average Bonchev–Trinajstić information content (AvgIpc) is 3.76. The SMILES string of the molecule is CN(C)c1ccc(-c2cc(-c3ccccc3)nn2-c2cccc(-n3nc(-c4ccccc4)cc3-c3ccc(N(C)C)cc3)n2)cc1. The van der Waals surface area contributed by atoms with Crippen molar-refractivity contribution in [3.8, 4) is 56.7 Å². The molecule has 0 bridgehead atoms. The quantitative estimate of drug-likeness (QED) is 0.176. The minimum absolute atomic E-state index is 0.706. The fourth-order valence-corrected chi connectivity index (χ4v) is 5.53. The van der Waals surface area contributed by atoms with E-state index in [2.05, 4.69) is 94.7 Å². The highest BCUT2D eigenvalue weighted by atomic mass is 15.4. The van der Waals surface area contributed by atoms with Gasteiger partial charge >= 0.3 is 0 Å². The molecule has 0 fully saturated rings. The molecule has 46 heavy (non-hydrogen) atoms. The highest BCUT2D eigenvalue weighted by Gasteiger charge is 2.18. The summed E-state index contributed by atoms with van der Waals surface area (Å²) in [6.07, 6.45) is 0. The zero-order valence-corrected chi connectivity index (χ0v) is 26.4. The summed E-state index contributed by atoms with van der Waals surface area (Å²) in [5, 5.41) is 10.2. The van der Waals surface area contributed by atoms with Gasteiger partial charge in [-0.15, -0.1) is 0 Å². The molecule has 0 atom stereocenters. The summed E-state index contributed by atoms with van der Waals surface area (Å²) in [7, 11) is 8.19. The Balaban J connectivity index is 1.37. The molecule has 0 spiro atoms. The van der Waals surface area contributed by atoms with Gasteiger partial charge in [-0.05, 0) is 48.5 Å². The molecule has 0 saturated carbocycles. The Hall–Kier alpha value is -5.95. The summed E-state index contributed by atoms with van der Waals surface area (Å²) in [5.74, 6) is 1.41. The topological polar surface area (TPSA) is 55.0 Å². The minimum Gasteiger partial charge on any atom is -0.378 e. The first kappa shape index (κ1) is 28.8. The van der Waals surface area contributed by atoms with E-state index in [-0.39, 0.29) is 0 Å². The van der Waals surface area contributed by atoms with Gasteiger partial charge in [0.2, 0.25) is 0 Å². The molecule has 226 valence electrons. The lowest BCUT2D eigenvalue weighted by Crippen LogP contribution is -2.09. The number of hydrogen-bond acceptors (Lipinski definition) is 5. The predicted octanol–water partition coefficient (Wildman–Crippen LogP) is 8.25. The molecule has 7 heteroatoms. The third-order valence-corrected chi connectivity index (χ3v) is 8.07. The smallest absolute Gasteiger partial charge is 0.156 e. The van der Waals surface area contributed by atoms with Crippen LogP contribution in [0.1, 0.15) is 0 Å². The van der Waals surface area contributed by atoms with Crippen molar-refractivity contribution in [2.45, 2.75) is 0 Å². The Labute approximate surface area is 269 Å². The summed E-state index contributed by atoms with van der Waals surface area (Å²) < 4.78 is 3.87. The fraction of sp³-hybridized carbons (Fsp3) is 0.103. The van der Waals surface area contributed by atoms with Crippen molar-refractivity contribution in [2.24, 2.45) is 0 Å². The summed E-state index contributed by atoms with van der Waals surface area (Å²) in [6.45, 7) is 0. The number of pyridine rings is 1. The Morgan fingerprint density at radius 3 is 1.17 bits per heavy atom. The largest absolute Gasteiger partial charge is 0.378 e. The van der Waals surface area contributed by atoms with Crippen molar-refractivity contribution in [2.75, 3.05) is 38.0 Å². The average molecular weight is 602 g/mol. The third kappa shape index (κ3) is 5.66. The molecule has 0 saturated heterocycles. The second-order valence-electron chi connectivity index (χ2n) is 11.6. The molecule has 3 heterocycles. The number of benzene rings is 4. The van der Waals surface area contributed by atoms with Crippen LogP contribution in [0.2, 0.25) is 0 Å². The number of hydrogen-bond donors (Lipinski definition) is 0. The third-order valence-electron chi connectivity index (χ3n) is 8.07. The van der Waals surface area contributed by atoms with Gasteiger partial charge in [0.15, 0.2) is 11.6 Å². The van der Waals surface area contributed by atoms with Gasteiger partial charge < -0.3 is 9.80 Å². The van der Waals surface area contributed by atoms with Gasteiger partial charge in [-0.25, -0.2) is 14.3 Å². The number of anilines is 2. The van der Waals surface area contributed by atoms with Gasteiger partial charge in [-0.3, -0.25) is 0 Å². The van der Waals surface area contributed by atoms with Crippen LogP contribution >= 0.6 is 0 Å². The van der Waals surface area contributed by atoms with E-state index in [9.17, 15) is 0 Å². The van der Waals surface area contributed by atoms with Crippen molar-refractivity contribution in [3.05, 3.63) is 140 Å². The van der Waals surface area contributed by atoms with Gasteiger partial charge in [-0.2, -0.15) is 10.2 Å². The van der Waals surface area contributed by atoms with Crippen molar-refractivity contribution in [3.63, 3.8) is 0 Å². The van der Waals surface area contributed by atoms with Crippen LogP contribution in [0.4, 0.5) is 11.4 Å². The van der Waals surface area contributed by atoms with Crippen molar-refractivity contribution in [1.29, 1.82) is 0 Å². The Morgan fingerprint density at radius 2 is 0.804 bits per heavy atom.